The van der Waals surface area contributed by atoms with Crippen LogP contribution in [0.3, 0.4) is 0 Å². The second kappa shape index (κ2) is 8.65. The number of likely N-dealkylation sites (tertiary alicyclic amines) is 1. The van der Waals surface area contributed by atoms with Crippen LogP contribution in [0.1, 0.15) is 37.3 Å². The highest BCUT2D eigenvalue weighted by Crippen LogP contribution is 2.27. The third-order valence-corrected chi connectivity index (χ3v) is 5.63. The number of para-hydroxylation sites is 1. The Morgan fingerprint density at radius 3 is 2.62 bits per heavy atom. The Hall–Kier alpha value is -2.87. The standard InChI is InChI=1S/C21H27N5O3/c1-15-5-2-3-6-17(15)23-21(28)24-19-8-11-22-26(19)16-9-12-25(13-10-16)20(27)18-7-4-14-29-18/h2-3,5-6,8,11,16,18H,4,7,9-10,12-14H2,1H3,(H2,23,24,28)/t18-/m1/s1. The predicted octanol–water partition coefficient (Wildman–Crippen LogP) is 3.18. The summed E-state index contributed by atoms with van der Waals surface area (Å²) >= 11 is 0. The summed E-state index contributed by atoms with van der Waals surface area (Å²) in [4.78, 5) is 26.8. The maximum Gasteiger partial charge on any atom is 0.324 e. The number of benzene rings is 1. The first-order valence-electron chi connectivity index (χ1n) is 10.2. The van der Waals surface area contributed by atoms with Gasteiger partial charge in [-0.25, -0.2) is 9.48 Å². The number of nitrogens with one attached hydrogen (secondary N) is 2. The predicted molar refractivity (Wildman–Crippen MR) is 110 cm³/mol. The van der Waals surface area contributed by atoms with Gasteiger partial charge in [-0.1, -0.05) is 18.2 Å². The number of carbonyl (C=O) groups is 2. The molecule has 0 aliphatic carbocycles. The Labute approximate surface area is 170 Å². The first-order chi connectivity index (χ1) is 14.1. The molecule has 1 aromatic carbocycles. The minimum absolute atomic E-state index is 0.109. The zero-order valence-electron chi connectivity index (χ0n) is 16.6. The lowest BCUT2D eigenvalue weighted by molar-refractivity contribution is -0.142. The smallest absolute Gasteiger partial charge is 0.324 e. The van der Waals surface area contributed by atoms with Crippen LogP contribution in [0.2, 0.25) is 0 Å². The molecule has 0 bridgehead atoms. The van der Waals surface area contributed by atoms with Crippen molar-refractivity contribution in [3.8, 4) is 0 Å². The van der Waals surface area contributed by atoms with E-state index in [4.69, 9.17) is 4.74 Å². The molecular formula is C21H27N5O3. The Bertz CT molecular complexity index is 867. The molecule has 8 heteroatoms. The van der Waals surface area contributed by atoms with Gasteiger partial charge < -0.3 is 15.0 Å². The molecule has 0 radical (unpaired) electrons. The fourth-order valence-electron chi connectivity index (χ4n) is 3.99. The Balaban J connectivity index is 1.34. The van der Waals surface area contributed by atoms with Crippen LogP contribution in [0.15, 0.2) is 36.5 Å². The van der Waals surface area contributed by atoms with Crippen LogP contribution in [0.25, 0.3) is 0 Å². The molecule has 3 amide bonds. The van der Waals surface area contributed by atoms with Crippen LogP contribution in [0, 0.1) is 6.92 Å². The van der Waals surface area contributed by atoms with Crippen LogP contribution in [-0.4, -0.2) is 52.4 Å². The maximum absolute atomic E-state index is 12.5. The van der Waals surface area contributed by atoms with E-state index in [1.807, 2.05) is 40.8 Å². The Morgan fingerprint density at radius 2 is 1.90 bits per heavy atom. The van der Waals surface area contributed by atoms with Crippen molar-refractivity contribution in [2.75, 3.05) is 30.3 Å². The normalized spacial score (nSPS) is 19.9. The number of nitrogens with zero attached hydrogens (tertiary/aromatic N) is 3. The number of ether oxygens (including phenoxy) is 1. The van der Waals surface area contributed by atoms with Crippen molar-refractivity contribution < 1.29 is 14.3 Å². The molecule has 2 fully saturated rings. The Morgan fingerprint density at radius 1 is 1.10 bits per heavy atom. The highest BCUT2D eigenvalue weighted by Gasteiger charge is 2.31. The van der Waals surface area contributed by atoms with Crippen molar-refractivity contribution in [3.05, 3.63) is 42.1 Å². The zero-order chi connectivity index (χ0) is 20.2. The maximum atomic E-state index is 12.5. The summed E-state index contributed by atoms with van der Waals surface area (Å²) in [6, 6.07) is 9.28. The number of hydrogen-bond acceptors (Lipinski definition) is 4. The van der Waals surface area contributed by atoms with Crippen LogP contribution in [0.4, 0.5) is 16.3 Å². The third-order valence-electron chi connectivity index (χ3n) is 5.63. The van der Waals surface area contributed by atoms with E-state index in [1.165, 1.54) is 0 Å². The monoisotopic (exact) mass is 397 g/mol. The van der Waals surface area contributed by atoms with E-state index < -0.39 is 0 Å². The molecule has 2 N–H and O–H groups in total. The second-order valence-corrected chi connectivity index (χ2v) is 7.61. The lowest BCUT2D eigenvalue weighted by Crippen LogP contribution is -2.44. The summed E-state index contributed by atoms with van der Waals surface area (Å²) in [6.07, 6.45) is 4.80. The van der Waals surface area contributed by atoms with Gasteiger partial charge in [0.1, 0.15) is 11.9 Å². The van der Waals surface area contributed by atoms with Crippen molar-refractivity contribution in [1.82, 2.24) is 14.7 Å². The van der Waals surface area contributed by atoms with Crippen molar-refractivity contribution in [2.24, 2.45) is 0 Å². The van der Waals surface area contributed by atoms with Gasteiger partial charge in [0.25, 0.3) is 5.91 Å². The zero-order valence-corrected chi connectivity index (χ0v) is 16.6. The fourth-order valence-corrected chi connectivity index (χ4v) is 3.99. The lowest BCUT2D eigenvalue weighted by Gasteiger charge is -2.33. The molecule has 2 saturated heterocycles. The van der Waals surface area contributed by atoms with Crippen LogP contribution >= 0.6 is 0 Å². The van der Waals surface area contributed by atoms with E-state index in [1.54, 1.807) is 12.3 Å². The van der Waals surface area contributed by atoms with Gasteiger partial charge in [-0.05, 0) is 44.2 Å². The molecule has 0 saturated carbocycles. The van der Waals surface area contributed by atoms with Gasteiger partial charge in [-0.3, -0.25) is 10.1 Å². The molecule has 2 aliphatic rings. The number of urea groups is 1. The molecular weight excluding hydrogens is 370 g/mol. The largest absolute Gasteiger partial charge is 0.368 e. The van der Waals surface area contributed by atoms with Crippen molar-refractivity contribution in [2.45, 2.75) is 44.8 Å². The Kier molecular flexibility index (Phi) is 5.80. The average Bonchev–Trinajstić information content (AvgIpc) is 3.42. The second-order valence-electron chi connectivity index (χ2n) is 7.61. The summed E-state index contributed by atoms with van der Waals surface area (Å²) in [5, 5.41) is 10.2. The number of piperidine rings is 1. The molecule has 2 aliphatic heterocycles. The van der Waals surface area contributed by atoms with Crippen LogP contribution in [-0.2, 0) is 9.53 Å². The van der Waals surface area contributed by atoms with Crippen molar-refractivity contribution in [3.63, 3.8) is 0 Å². The molecule has 0 spiro atoms. The molecule has 1 atom stereocenters. The van der Waals surface area contributed by atoms with Crippen molar-refractivity contribution in [1.29, 1.82) is 0 Å². The highest BCUT2D eigenvalue weighted by molar-refractivity contribution is 5.99. The topological polar surface area (TPSA) is 88.5 Å². The minimum atomic E-state index is -0.299. The number of amides is 3. The van der Waals surface area contributed by atoms with E-state index in [-0.39, 0.29) is 24.1 Å². The molecule has 4 rings (SSSR count). The third kappa shape index (κ3) is 4.42. The minimum Gasteiger partial charge on any atom is -0.368 e. The van der Waals surface area contributed by atoms with Crippen LogP contribution < -0.4 is 10.6 Å². The highest BCUT2D eigenvalue weighted by atomic mass is 16.5. The number of hydrogen-bond donors (Lipinski definition) is 2. The molecule has 0 unspecified atom stereocenters. The lowest BCUT2D eigenvalue weighted by atomic mass is 10.0. The number of aromatic nitrogens is 2. The van der Waals surface area contributed by atoms with E-state index in [9.17, 15) is 9.59 Å². The molecule has 1 aromatic heterocycles. The van der Waals surface area contributed by atoms with Gasteiger partial charge in [-0.2, -0.15) is 5.10 Å². The first-order valence-corrected chi connectivity index (χ1v) is 10.2. The van der Waals surface area contributed by atoms with E-state index in [0.717, 1.165) is 36.9 Å². The van der Waals surface area contributed by atoms with E-state index in [0.29, 0.717) is 25.5 Å². The van der Waals surface area contributed by atoms with Gasteiger partial charge in [0.2, 0.25) is 0 Å². The molecule has 2 aromatic rings. The number of anilines is 2. The van der Waals surface area contributed by atoms with Gasteiger partial charge in [0.15, 0.2) is 0 Å². The quantitative estimate of drug-likeness (QED) is 0.829. The average molecular weight is 397 g/mol. The van der Waals surface area contributed by atoms with Crippen LogP contribution in [0.5, 0.6) is 0 Å². The van der Waals surface area contributed by atoms with E-state index >= 15 is 0 Å². The van der Waals surface area contributed by atoms with Crippen molar-refractivity contribution >= 4 is 23.4 Å². The fraction of sp³-hybridized carbons (Fsp3) is 0.476. The molecule has 3 heterocycles. The summed E-state index contributed by atoms with van der Waals surface area (Å²) in [5.74, 6) is 0.761. The molecule has 8 nitrogen and oxygen atoms in total. The first kappa shape index (κ1) is 19.4. The summed E-state index contributed by atoms with van der Waals surface area (Å²) in [6.45, 7) is 3.99. The number of aryl methyl sites for hydroxylation is 1. The van der Waals surface area contributed by atoms with Gasteiger partial charge in [-0.15, -0.1) is 0 Å². The van der Waals surface area contributed by atoms with Gasteiger partial charge in [0, 0.05) is 31.5 Å². The molecule has 154 valence electrons. The summed E-state index contributed by atoms with van der Waals surface area (Å²) < 4.78 is 7.38. The van der Waals surface area contributed by atoms with Gasteiger partial charge in [0.05, 0.1) is 12.2 Å². The molecule has 29 heavy (non-hydrogen) atoms. The number of carbonyl (C=O) groups excluding carboxylic acids is 2. The number of rotatable bonds is 4. The summed E-state index contributed by atoms with van der Waals surface area (Å²) in [7, 11) is 0. The van der Waals surface area contributed by atoms with Gasteiger partial charge >= 0.3 is 6.03 Å². The van der Waals surface area contributed by atoms with E-state index in [2.05, 4.69) is 15.7 Å². The SMILES string of the molecule is Cc1ccccc1NC(=O)Nc1ccnn1C1CCN(C(=O)[C@H]2CCCO2)CC1. The summed E-state index contributed by atoms with van der Waals surface area (Å²) in [5.41, 5.74) is 1.77.